The van der Waals surface area contributed by atoms with Crippen LogP contribution in [-0.2, 0) is 25.5 Å². The Morgan fingerprint density at radius 1 is 1.33 bits per heavy atom. The molecule has 1 aliphatic rings. The van der Waals surface area contributed by atoms with E-state index in [9.17, 15) is 14.7 Å². The number of hydrogen-bond donors (Lipinski definition) is 1. The van der Waals surface area contributed by atoms with E-state index in [1.54, 1.807) is 18.2 Å². The molecule has 0 amide bonds. The Balaban J connectivity index is 2.27. The van der Waals surface area contributed by atoms with Crippen LogP contribution in [0.25, 0.3) is 0 Å². The number of rotatable bonds is 3. The van der Waals surface area contributed by atoms with Gasteiger partial charge in [0.2, 0.25) is 0 Å². The second-order valence-corrected chi connectivity index (χ2v) is 3.87. The number of aromatic hydroxyl groups is 1. The molecule has 1 aliphatic heterocycles. The van der Waals surface area contributed by atoms with Crippen LogP contribution >= 0.6 is 0 Å². The molecule has 2 rings (SSSR count). The number of carbonyl (C=O) groups excluding carboxylic acids is 2. The lowest BCUT2D eigenvalue weighted by molar-refractivity contribution is -0.204. The maximum atomic E-state index is 11.1. The van der Waals surface area contributed by atoms with Crippen LogP contribution in [0.4, 0.5) is 0 Å². The molecule has 0 saturated carbocycles. The van der Waals surface area contributed by atoms with Crippen molar-refractivity contribution < 1.29 is 24.2 Å². The van der Waals surface area contributed by atoms with E-state index >= 15 is 0 Å². The van der Waals surface area contributed by atoms with Gasteiger partial charge < -0.3 is 14.6 Å². The third-order valence-electron chi connectivity index (χ3n) is 2.51. The molecule has 0 aliphatic carbocycles. The number of phenols is 1. The summed E-state index contributed by atoms with van der Waals surface area (Å²) in [4.78, 5) is 22.3. The number of benzene rings is 1. The van der Waals surface area contributed by atoms with Crippen molar-refractivity contribution in [1.82, 2.24) is 0 Å². The second-order valence-electron chi connectivity index (χ2n) is 3.87. The number of allylic oxidation sites excluding steroid dienone is 1. The van der Waals surface area contributed by atoms with Gasteiger partial charge in [0.05, 0.1) is 0 Å². The van der Waals surface area contributed by atoms with Crippen molar-refractivity contribution in [2.24, 2.45) is 0 Å². The summed E-state index contributed by atoms with van der Waals surface area (Å²) in [7, 11) is 0. The van der Waals surface area contributed by atoms with Gasteiger partial charge in [-0.1, -0.05) is 6.08 Å². The van der Waals surface area contributed by atoms with E-state index in [1.165, 1.54) is 6.07 Å². The fourth-order valence-electron chi connectivity index (χ4n) is 1.67. The highest BCUT2D eigenvalue weighted by atomic mass is 16.7. The van der Waals surface area contributed by atoms with E-state index in [4.69, 9.17) is 9.47 Å². The first-order valence-corrected chi connectivity index (χ1v) is 5.42. The van der Waals surface area contributed by atoms with Gasteiger partial charge in [-0.25, -0.2) is 0 Å². The number of esters is 2. The minimum Gasteiger partial charge on any atom is -0.508 e. The van der Waals surface area contributed by atoms with E-state index in [0.29, 0.717) is 17.5 Å². The molecular formula is C13H12O5. The van der Waals surface area contributed by atoms with Gasteiger partial charge in [0.15, 0.2) is 0 Å². The van der Waals surface area contributed by atoms with Crippen molar-refractivity contribution in [2.45, 2.75) is 19.1 Å². The first-order chi connectivity index (χ1) is 8.60. The zero-order chi connectivity index (χ0) is 13.1. The Labute approximate surface area is 104 Å². The number of cyclic esters (lactones) is 2. The van der Waals surface area contributed by atoms with Crippen molar-refractivity contribution in [2.75, 3.05) is 0 Å². The maximum absolute atomic E-state index is 11.1. The summed E-state index contributed by atoms with van der Waals surface area (Å²) >= 11 is 0. The highest BCUT2D eigenvalue weighted by Crippen LogP contribution is 2.28. The highest BCUT2D eigenvalue weighted by Gasteiger charge is 2.29. The zero-order valence-electron chi connectivity index (χ0n) is 9.59. The summed E-state index contributed by atoms with van der Waals surface area (Å²) in [5.41, 5.74) is 1.13. The van der Waals surface area contributed by atoms with Gasteiger partial charge in [-0.15, -0.1) is 6.58 Å². The van der Waals surface area contributed by atoms with E-state index in [-0.39, 0.29) is 12.2 Å². The average Bonchev–Trinajstić information content (AvgIpc) is 2.31. The summed E-state index contributed by atoms with van der Waals surface area (Å²) in [6.45, 7) is 3.58. The molecule has 1 aromatic rings. The molecule has 0 radical (unpaired) electrons. The first-order valence-electron chi connectivity index (χ1n) is 5.42. The van der Waals surface area contributed by atoms with Gasteiger partial charge in [-0.05, 0) is 30.2 Å². The Kier molecular flexibility index (Phi) is 3.32. The third kappa shape index (κ3) is 2.51. The van der Waals surface area contributed by atoms with Crippen LogP contribution in [0.15, 0.2) is 30.9 Å². The Morgan fingerprint density at radius 3 is 2.61 bits per heavy atom. The SMILES string of the molecule is C=CCc1cc(C2OC(=O)CC(=O)O2)ccc1O. The molecule has 1 fully saturated rings. The zero-order valence-corrected chi connectivity index (χ0v) is 9.59. The number of ether oxygens (including phenoxy) is 2. The molecule has 5 nitrogen and oxygen atoms in total. The van der Waals surface area contributed by atoms with Gasteiger partial charge in [-0.3, -0.25) is 9.59 Å². The fraction of sp³-hybridized carbons (Fsp3) is 0.231. The van der Waals surface area contributed by atoms with E-state index in [2.05, 4.69) is 6.58 Å². The molecule has 0 unspecified atom stereocenters. The molecule has 0 bridgehead atoms. The van der Waals surface area contributed by atoms with Gasteiger partial charge in [-0.2, -0.15) is 0 Å². The lowest BCUT2D eigenvalue weighted by Crippen LogP contribution is -2.26. The predicted octanol–water partition coefficient (Wildman–Crippen LogP) is 1.61. The normalized spacial score (nSPS) is 16.0. The lowest BCUT2D eigenvalue weighted by atomic mass is 10.1. The third-order valence-corrected chi connectivity index (χ3v) is 2.51. The smallest absolute Gasteiger partial charge is 0.320 e. The minimum atomic E-state index is -1.04. The summed E-state index contributed by atoms with van der Waals surface area (Å²) < 4.78 is 9.85. The first kappa shape index (κ1) is 12.2. The van der Waals surface area contributed by atoms with Crippen LogP contribution in [0.2, 0.25) is 0 Å². The van der Waals surface area contributed by atoms with E-state index < -0.39 is 18.2 Å². The Bertz CT molecular complexity index is 490. The molecule has 5 heteroatoms. The highest BCUT2D eigenvalue weighted by molar-refractivity contribution is 5.92. The molecule has 1 heterocycles. The fourth-order valence-corrected chi connectivity index (χ4v) is 1.67. The molecule has 18 heavy (non-hydrogen) atoms. The summed E-state index contributed by atoms with van der Waals surface area (Å²) in [6, 6.07) is 4.62. The summed E-state index contributed by atoms with van der Waals surface area (Å²) in [5.74, 6) is -1.11. The standard InChI is InChI=1S/C13H12O5/c1-2-3-8-6-9(4-5-10(8)14)13-17-11(15)7-12(16)18-13/h2,4-6,13-14H,1,3,7H2. The molecule has 94 valence electrons. The van der Waals surface area contributed by atoms with E-state index in [1.807, 2.05) is 0 Å². The predicted molar refractivity (Wildman–Crippen MR) is 61.5 cm³/mol. The minimum absolute atomic E-state index is 0.118. The Morgan fingerprint density at radius 2 is 2.00 bits per heavy atom. The number of phenolic OH excluding ortho intramolecular Hbond substituents is 1. The second kappa shape index (κ2) is 4.91. The average molecular weight is 248 g/mol. The van der Waals surface area contributed by atoms with E-state index in [0.717, 1.165) is 0 Å². The molecule has 1 saturated heterocycles. The lowest BCUT2D eigenvalue weighted by Gasteiger charge is -2.22. The van der Waals surface area contributed by atoms with Crippen LogP contribution in [0.3, 0.4) is 0 Å². The number of hydrogen-bond acceptors (Lipinski definition) is 5. The largest absolute Gasteiger partial charge is 0.508 e. The van der Waals surface area contributed by atoms with Crippen LogP contribution < -0.4 is 0 Å². The van der Waals surface area contributed by atoms with Crippen molar-refractivity contribution in [3.63, 3.8) is 0 Å². The van der Waals surface area contributed by atoms with Gasteiger partial charge in [0.1, 0.15) is 12.2 Å². The van der Waals surface area contributed by atoms with Crippen molar-refractivity contribution in [3.8, 4) is 5.75 Å². The maximum Gasteiger partial charge on any atom is 0.320 e. The molecule has 0 atom stereocenters. The van der Waals surface area contributed by atoms with Crippen molar-refractivity contribution in [1.29, 1.82) is 0 Å². The van der Waals surface area contributed by atoms with Gasteiger partial charge in [0.25, 0.3) is 6.29 Å². The molecule has 1 aromatic carbocycles. The van der Waals surface area contributed by atoms with Crippen LogP contribution in [-0.4, -0.2) is 17.0 Å². The van der Waals surface area contributed by atoms with Crippen LogP contribution in [0.1, 0.15) is 23.8 Å². The quantitative estimate of drug-likeness (QED) is 0.499. The monoisotopic (exact) mass is 248 g/mol. The Hall–Kier alpha value is -2.30. The molecule has 0 aromatic heterocycles. The topological polar surface area (TPSA) is 72.8 Å². The molecular weight excluding hydrogens is 236 g/mol. The number of carbonyl (C=O) groups is 2. The molecule has 0 spiro atoms. The van der Waals surface area contributed by atoms with Crippen LogP contribution in [0.5, 0.6) is 5.75 Å². The molecule has 1 N–H and O–H groups in total. The van der Waals surface area contributed by atoms with Crippen molar-refractivity contribution >= 4 is 11.9 Å². The van der Waals surface area contributed by atoms with Gasteiger partial charge >= 0.3 is 11.9 Å². The summed E-state index contributed by atoms with van der Waals surface area (Å²) in [5, 5.41) is 9.61. The van der Waals surface area contributed by atoms with Gasteiger partial charge in [0, 0.05) is 5.56 Å². The summed E-state index contributed by atoms with van der Waals surface area (Å²) in [6.07, 6.45) is 0.697. The van der Waals surface area contributed by atoms with Crippen LogP contribution in [0, 0.1) is 0 Å². The van der Waals surface area contributed by atoms with Crippen molar-refractivity contribution in [3.05, 3.63) is 42.0 Å².